The van der Waals surface area contributed by atoms with Crippen molar-refractivity contribution in [3.05, 3.63) is 54.6 Å². The van der Waals surface area contributed by atoms with Gasteiger partial charge in [0.1, 0.15) is 17.2 Å². The maximum absolute atomic E-state index is 12.7. The van der Waals surface area contributed by atoms with E-state index in [0.717, 1.165) is 18.6 Å². The molecule has 1 fully saturated rings. The normalized spacial score (nSPS) is 17.6. The highest BCUT2D eigenvalue weighted by Crippen LogP contribution is 2.24. The molecule has 1 aliphatic rings. The van der Waals surface area contributed by atoms with Crippen molar-refractivity contribution >= 4 is 15.7 Å². The van der Waals surface area contributed by atoms with Crippen LogP contribution in [0.3, 0.4) is 0 Å². The maximum atomic E-state index is 12.7. The molecular formula is C22H27NO5S. The molecule has 1 atom stereocenters. The fourth-order valence-corrected chi connectivity index (χ4v) is 5.05. The zero-order valence-corrected chi connectivity index (χ0v) is 17.4. The fourth-order valence-electron chi connectivity index (χ4n) is 3.32. The molecule has 0 radical (unpaired) electrons. The second kappa shape index (κ2) is 9.78. The van der Waals surface area contributed by atoms with Gasteiger partial charge in [-0.05, 0) is 49.2 Å². The van der Waals surface area contributed by atoms with Crippen LogP contribution in [-0.2, 0) is 14.6 Å². The molecule has 0 saturated carbocycles. The molecule has 0 unspecified atom stereocenters. The van der Waals surface area contributed by atoms with Crippen LogP contribution >= 0.6 is 0 Å². The Bertz CT molecular complexity index is 897. The number of sulfone groups is 1. The van der Waals surface area contributed by atoms with Gasteiger partial charge in [-0.1, -0.05) is 31.5 Å². The molecule has 7 heteroatoms. The highest BCUT2D eigenvalue weighted by Gasteiger charge is 2.34. The van der Waals surface area contributed by atoms with E-state index in [1.54, 1.807) is 29.2 Å². The van der Waals surface area contributed by atoms with Gasteiger partial charge in [-0.25, -0.2) is 8.42 Å². The van der Waals surface area contributed by atoms with Crippen LogP contribution < -0.4 is 9.47 Å². The van der Waals surface area contributed by atoms with Crippen molar-refractivity contribution in [1.82, 2.24) is 4.90 Å². The number of amides is 1. The van der Waals surface area contributed by atoms with Gasteiger partial charge in [0.05, 0.1) is 11.5 Å². The molecule has 29 heavy (non-hydrogen) atoms. The monoisotopic (exact) mass is 417 g/mol. The van der Waals surface area contributed by atoms with Crippen molar-refractivity contribution in [2.24, 2.45) is 0 Å². The quantitative estimate of drug-likeness (QED) is 0.622. The first-order valence-corrected chi connectivity index (χ1v) is 11.7. The van der Waals surface area contributed by atoms with Gasteiger partial charge in [0.15, 0.2) is 16.4 Å². The summed E-state index contributed by atoms with van der Waals surface area (Å²) in [5.74, 6) is 2.01. The van der Waals surface area contributed by atoms with Crippen LogP contribution in [0.5, 0.6) is 17.2 Å². The van der Waals surface area contributed by atoms with Gasteiger partial charge >= 0.3 is 0 Å². The SMILES string of the molecule is CCCCN(C(=O)COc1ccc(Oc2ccccc2)cc1)[C@H]1CCS(=O)(=O)C1. The number of nitrogens with zero attached hydrogens (tertiary/aromatic N) is 1. The number of ether oxygens (including phenoxy) is 2. The lowest BCUT2D eigenvalue weighted by Gasteiger charge is -2.28. The van der Waals surface area contributed by atoms with Crippen molar-refractivity contribution in [2.75, 3.05) is 24.7 Å². The van der Waals surface area contributed by atoms with E-state index >= 15 is 0 Å². The van der Waals surface area contributed by atoms with Gasteiger partial charge in [-0.2, -0.15) is 0 Å². The zero-order chi connectivity index (χ0) is 20.7. The second-order valence-corrected chi connectivity index (χ2v) is 9.40. The van der Waals surface area contributed by atoms with Crippen molar-refractivity contribution in [2.45, 2.75) is 32.2 Å². The van der Waals surface area contributed by atoms with Crippen molar-refractivity contribution in [3.63, 3.8) is 0 Å². The van der Waals surface area contributed by atoms with E-state index in [-0.39, 0.29) is 30.1 Å². The Morgan fingerprint density at radius 2 is 1.69 bits per heavy atom. The Hall–Kier alpha value is -2.54. The molecule has 1 amide bonds. The molecule has 0 N–H and O–H groups in total. The Balaban J connectivity index is 1.56. The molecule has 3 rings (SSSR count). The Kier molecular flexibility index (Phi) is 7.14. The Labute approximate surface area is 172 Å². The lowest BCUT2D eigenvalue weighted by molar-refractivity contribution is -0.135. The zero-order valence-electron chi connectivity index (χ0n) is 16.6. The molecule has 0 bridgehead atoms. The van der Waals surface area contributed by atoms with E-state index in [0.29, 0.717) is 24.5 Å². The largest absolute Gasteiger partial charge is 0.484 e. The van der Waals surface area contributed by atoms with E-state index in [4.69, 9.17) is 9.47 Å². The van der Waals surface area contributed by atoms with Crippen LogP contribution in [0, 0.1) is 0 Å². The summed E-state index contributed by atoms with van der Waals surface area (Å²) in [5, 5.41) is 0. The van der Waals surface area contributed by atoms with E-state index < -0.39 is 9.84 Å². The highest BCUT2D eigenvalue weighted by atomic mass is 32.2. The summed E-state index contributed by atoms with van der Waals surface area (Å²) in [7, 11) is -3.05. The van der Waals surface area contributed by atoms with Crippen LogP contribution in [0.4, 0.5) is 0 Å². The standard InChI is InChI=1S/C22H27NO5S/c1-2-3-14-23(18-13-15-29(25,26)17-18)22(24)16-27-19-9-11-21(12-10-19)28-20-7-5-4-6-8-20/h4-12,18H,2-3,13-17H2,1H3/t18-/m0/s1. The van der Waals surface area contributed by atoms with Gasteiger partial charge < -0.3 is 14.4 Å². The first kappa shape index (κ1) is 21.2. The number of rotatable bonds is 9. The average Bonchev–Trinajstić information content (AvgIpc) is 3.08. The first-order chi connectivity index (χ1) is 14.0. The molecule has 156 valence electrons. The third-order valence-corrected chi connectivity index (χ3v) is 6.64. The van der Waals surface area contributed by atoms with Crippen LogP contribution in [0.15, 0.2) is 54.6 Å². The van der Waals surface area contributed by atoms with Gasteiger partial charge in [-0.15, -0.1) is 0 Å². The van der Waals surface area contributed by atoms with Crippen LogP contribution in [-0.4, -0.2) is 49.9 Å². The third-order valence-electron chi connectivity index (χ3n) is 4.89. The molecule has 1 heterocycles. The van der Waals surface area contributed by atoms with E-state index in [9.17, 15) is 13.2 Å². The smallest absolute Gasteiger partial charge is 0.260 e. The molecule has 2 aromatic rings. The number of unbranched alkanes of at least 4 members (excludes halogenated alkanes) is 1. The number of carbonyl (C=O) groups excluding carboxylic acids is 1. The van der Waals surface area contributed by atoms with Gasteiger partial charge in [0, 0.05) is 12.6 Å². The van der Waals surface area contributed by atoms with Crippen molar-refractivity contribution in [3.8, 4) is 17.2 Å². The number of hydrogen-bond acceptors (Lipinski definition) is 5. The summed E-state index contributed by atoms with van der Waals surface area (Å²) in [4.78, 5) is 14.4. The fraction of sp³-hybridized carbons (Fsp3) is 0.409. The second-order valence-electron chi connectivity index (χ2n) is 7.17. The van der Waals surface area contributed by atoms with Crippen molar-refractivity contribution in [1.29, 1.82) is 0 Å². The van der Waals surface area contributed by atoms with Crippen molar-refractivity contribution < 1.29 is 22.7 Å². The minimum absolute atomic E-state index is 0.0496. The Morgan fingerprint density at radius 1 is 1.03 bits per heavy atom. The molecule has 1 aliphatic heterocycles. The van der Waals surface area contributed by atoms with E-state index in [1.807, 2.05) is 37.3 Å². The predicted octanol–water partition coefficient (Wildman–Crippen LogP) is 3.67. The summed E-state index contributed by atoms with van der Waals surface area (Å²) in [6.07, 6.45) is 2.28. The number of carbonyl (C=O) groups is 1. The number of para-hydroxylation sites is 1. The maximum Gasteiger partial charge on any atom is 0.260 e. The number of benzene rings is 2. The summed E-state index contributed by atoms with van der Waals surface area (Å²) in [6.45, 7) is 2.49. The van der Waals surface area contributed by atoms with Crippen LogP contribution in [0.25, 0.3) is 0 Å². The Morgan fingerprint density at radius 3 is 2.31 bits per heavy atom. The van der Waals surface area contributed by atoms with Gasteiger partial charge in [0.2, 0.25) is 0 Å². The summed E-state index contributed by atoms with van der Waals surface area (Å²) >= 11 is 0. The summed E-state index contributed by atoms with van der Waals surface area (Å²) < 4.78 is 35.0. The average molecular weight is 418 g/mol. The van der Waals surface area contributed by atoms with Gasteiger partial charge in [0.25, 0.3) is 5.91 Å². The van der Waals surface area contributed by atoms with Gasteiger partial charge in [-0.3, -0.25) is 4.79 Å². The number of hydrogen-bond donors (Lipinski definition) is 0. The molecule has 6 nitrogen and oxygen atoms in total. The molecule has 0 spiro atoms. The first-order valence-electron chi connectivity index (χ1n) is 9.92. The van der Waals surface area contributed by atoms with Crippen LogP contribution in [0.2, 0.25) is 0 Å². The highest BCUT2D eigenvalue weighted by molar-refractivity contribution is 7.91. The van der Waals surface area contributed by atoms with E-state index in [1.165, 1.54) is 0 Å². The molecule has 0 aromatic heterocycles. The van der Waals surface area contributed by atoms with Crippen LogP contribution in [0.1, 0.15) is 26.2 Å². The van der Waals surface area contributed by atoms with E-state index in [2.05, 4.69) is 0 Å². The lowest BCUT2D eigenvalue weighted by Crippen LogP contribution is -2.44. The molecule has 2 aromatic carbocycles. The summed E-state index contributed by atoms with van der Waals surface area (Å²) in [6, 6.07) is 16.3. The third kappa shape index (κ3) is 6.22. The molecule has 0 aliphatic carbocycles. The minimum atomic E-state index is -3.05. The molecule has 1 saturated heterocycles. The predicted molar refractivity (Wildman–Crippen MR) is 112 cm³/mol. The summed E-state index contributed by atoms with van der Waals surface area (Å²) in [5.41, 5.74) is 0. The lowest BCUT2D eigenvalue weighted by atomic mass is 10.2. The minimum Gasteiger partial charge on any atom is -0.484 e. The topological polar surface area (TPSA) is 72.9 Å². The molecular weight excluding hydrogens is 390 g/mol.